The number of alkyl halides is 3. The molecule has 122 valence electrons. The molecule has 1 aliphatic heterocycles. The predicted molar refractivity (Wildman–Crippen MR) is 79.6 cm³/mol. The summed E-state index contributed by atoms with van der Waals surface area (Å²) in [7, 11) is 0. The molecule has 0 radical (unpaired) electrons. The Bertz CT molecular complexity index is 531. The Balaban J connectivity index is 1.85. The molecular formula is C14H16BrF3N2O2. The second kappa shape index (κ2) is 7.43. The molecule has 1 aromatic carbocycles. The number of hydrogen-bond donors (Lipinski definition) is 2. The summed E-state index contributed by atoms with van der Waals surface area (Å²) in [4.78, 5) is 11.7. The highest BCUT2D eigenvalue weighted by atomic mass is 79.9. The molecule has 1 amide bonds. The minimum atomic E-state index is -4.47. The molecule has 0 bridgehead atoms. The molecule has 4 nitrogen and oxygen atoms in total. The van der Waals surface area contributed by atoms with Crippen molar-refractivity contribution in [3.05, 3.63) is 28.2 Å². The third-order valence-corrected chi connectivity index (χ3v) is 3.93. The first-order valence-electron chi connectivity index (χ1n) is 6.85. The van der Waals surface area contributed by atoms with Gasteiger partial charge in [-0.3, -0.25) is 4.79 Å². The third kappa shape index (κ3) is 4.96. The lowest BCUT2D eigenvalue weighted by molar-refractivity contribution is -0.138. The molecule has 1 saturated heterocycles. The molecule has 0 aliphatic carbocycles. The number of rotatable bonds is 5. The molecule has 2 rings (SSSR count). The van der Waals surface area contributed by atoms with Crippen LogP contribution in [0.15, 0.2) is 22.7 Å². The minimum absolute atomic E-state index is 0.0251. The van der Waals surface area contributed by atoms with E-state index in [2.05, 4.69) is 26.6 Å². The lowest BCUT2D eigenvalue weighted by Gasteiger charge is -2.13. The van der Waals surface area contributed by atoms with Crippen LogP contribution < -0.4 is 10.6 Å². The molecule has 8 heteroatoms. The van der Waals surface area contributed by atoms with Crippen LogP contribution in [0.2, 0.25) is 0 Å². The number of halogens is 4. The van der Waals surface area contributed by atoms with Gasteiger partial charge in [-0.1, -0.05) is 15.9 Å². The maximum atomic E-state index is 12.8. The molecule has 0 spiro atoms. The van der Waals surface area contributed by atoms with Gasteiger partial charge < -0.3 is 15.4 Å². The van der Waals surface area contributed by atoms with Gasteiger partial charge in [-0.15, -0.1) is 0 Å². The average Bonchev–Trinajstić information content (AvgIpc) is 2.93. The van der Waals surface area contributed by atoms with Crippen LogP contribution in [0, 0.1) is 0 Å². The SMILES string of the molecule is O=C(CNCC1CCCO1)Nc1ccc(Br)c(C(F)(F)F)c1. The summed E-state index contributed by atoms with van der Waals surface area (Å²) in [6.45, 7) is 1.32. The minimum Gasteiger partial charge on any atom is -0.377 e. The summed E-state index contributed by atoms with van der Waals surface area (Å²) in [5.41, 5.74) is -0.711. The highest BCUT2D eigenvalue weighted by molar-refractivity contribution is 9.10. The van der Waals surface area contributed by atoms with Crippen molar-refractivity contribution in [2.24, 2.45) is 0 Å². The standard InChI is InChI=1S/C14H16BrF3N2O2/c15-12-4-3-9(6-11(12)14(16,17)18)20-13(21)8-19-7-10-2-1-5-22-10/h3-4,6,10,19H,1-2,5,7-8H2,(H,20,21). The first-order valence-corrected chi connectivity index (χ1v) is 7.64. The van der Waals surface area contributed by atoms with Gasteiger partial charge in [0.05, 0.1) is 18.2 Å². The number of carbonyl (C=O) groups is 1. The fourth-order valence-corrected chi connectivity index (χ4v) is 2.65. The summed E-state index contributed by atoms with van der Waals surface area (Å²) in [5.74, 6) is -0.395. The van der Waals surface area contributed by atoms with Crippen LogP contribution in [0.4, 0.5) is 18.9 Å². The molecule has 1 aliphatic rings. The number of anilines is 1. The maximum absolute atomic E-state index is 12.8. The van der Waals surface area contributed by atoms with Crippen LogP contribution in [-0.4, -0.2) is 31.7 Å². The number of hydrogen-bond acceptors (Lipinski definition) is 3. The summed E-state index contributed by atoms with van der Waals surface area (Å²) >= 11 is 2.85. The van der Waals surface area contributed by atoms with Crippen molar-refractivity contribution in [1.82, 2.24) is 5.32 Å². The van der Waals surface area contributed by atoms with Gasteiger partial charge in [0.1, 0.15) is 0 Å². The Kier molecular flexibility index (Phi) is 5.82. The zero-order chi connectivity index (χ0) is 16.2. The van der Waals surface area contributed by atoms with Gasteiger partial charge in [-0.25, -0.2) is 0 Å². The third-order valence-electron chi connectivity index (χ3n) is 3.24. The van der Waals surface area contributed by atoms with Gasteiger partial charge >= 0.3 is 6.18 Å². The van der Waals surface area contributed by atoms with Crippen LogP contribution in [0.5, 0.6) is 0 Å². The highest BCUT2D eigenvalue weighted by Crippen LogP contribution is 2.36. The van der Waals surface area contributed by atoms with Gasteiger partial charge in [0.25, 0.3) is 0 Å². The summed E-state index contributed by atoms with van der Waals surface area (Å²) in [5, 5.41) is 5.38. The van der Waals surface area contributed by atoms with Gasteiger partial charge in [0.2, 0.25) is 5.91 Å². The van der Waals surface area contributed by atoms with Crippen molar-refractivity contribution in [2.75, 3.05) is 25.0 Å². The van der Waals surface area contributed by atoms with Gasteiger partial charge in [0.15, 0.2) is 0 Å². The van der Waals surface area contributed by atoms with Crippen LogP contribution >= 0.6 is 15.9 Å². The van der Waals surface area contributed by atoms with E-state index in [1.165, 1.54) is 12.1 Å². The van der Waals surface area contributed by atoms with Crippen molar-refractivity contribution in [3.8, 4) is 0 Å². The fraction of sp³-hybridized carbons (Fsp3) is 0.500. The van der Waals surface area contributed by atoms with Crippen molar-refractivity contribution < 1.29 is 22.7 Å². The van der Waals surface area contributed by atoms with Crippen molar-refractivity contribution >= 4 is 27.5 Å². The number of amides is 1. The van der Waals surface area contributed by atoms with Crippen LogP contribution in [0.3, 0.4) is 0 Å². The second-order valence-electron chi connectivity index (χ2n) is 5.01. The zero-order valence-corrected chi connectivity index (χ0v) is 13.3. The first-order chi connectivity index (χ1) is 10.4. The average molecular weight is 381 g/mol. The summed E-state index contributed by atoms with van der Waals surface area (Å²) in [6, 6.07) is 3.58. The molecule has 22 heavy (non-hydrogen) atoms. The number of benzene rings is 1. The Morgan fingerprint density at radius 2 is 2.18 bits per heavy atom. The summed E-state index contributed by atoms with van der Waals surface area (Å²) < 4.78 is 43.7. The molecule has 1 fully saturated rings. The van der Waals surface area contributed by atoms with Crippen LogP contribution in [0.25, 0.3) is 0 Å². The van der Waals surface area contributed by atoms with E-state index in [-0.39, 0.29) is 22.8 Å². The van der Waals surface area contributed by atoms with E-state index in [1.807, 2.05) is 0 Å². The second-order valence-corrected chi connectivity index (χ2v) is 5.86. The predicted octanol–water partition coefficient (Wildman–Crippen LogP) is 3.18. The Morgan fingerprint density at radius 3 is 2.82 bits per heavy atom. The topological polar surface area (TPSA) is 50.4 Å². The number of carbonyl (C=O) groups excluding carboxylic acids is 1. The van der Waals surface area contributed by atoms with E-state index in [4.69, 9.17) is 4.74 Å². The van der Waals surface area contributed by atoms with E-state index in [9.17, 15) is 18.0 Å². The summed E-state index contributed by atoms with van der Waals surface area (Å²) in [6.07, 6.45) is -2.40. The van der Waals surface area contributed by atoms with Gasteiger partial charge in [-0.2, -0.15) is 13.2 Å². The molecular weight excluding hydrogens is 365 g/mol. The highest BCUT2D eigenvalue weighted by Gasteiger charge is 2.33. The van der Waals surface area contributed by atoms with Crippen molar-refractivity contribution in [1.29, 1.82) is 0 Å². The smallest absolute Gasteiger partial charge is 0.377 e. The fourth-order valence-electron chi connectivity index (χ4n) is 2.18. The van der Waals surface area contributed by atoms with Crippen LogP contribution in [0.1, 0.15) is 18.4 Å². The Hall–Kier alpha value is -1.12. The molecule has 0 aromatic heterocycles. The molecule has 0 saturated carbocycles. The van der Waals surface area contributed by atoms with Crippen molar-refractivity contribution in [3.63, 3.8) is 0 Å². The van der Waals surface area contributed by atoms with E-state index < -0.39 is 17.6 Å². The van der Waals surface area contributed by atoms with Gasteiger partial charge in [0, 0.05) is 23.3 Å². The maximum Gasteiger partial charge on any atom is 0.417 e. The lowest BCUT2D eigenvalue weighted by Crippen LogP contribution is -2.33. The van der Waals surface area contributed by atoms with Gasteiger partial charge in [-0.05, 0) is 31.0 Å². The molecule has 1 atom stereocenters. The largest absolute Gasteiger partial charge is 0.417 e. The zero-order valence-electron chi connectivity index (χ0n) is 11.7. The van der Waals surface area contributed by atoms with Crippen LogP contribution in [-0.2, 0) is 15.7 Å². The van der Waals surface area contributed by atoms with E-state index in [0.29, 0.717) is 6.54 Å². The molecule has 2 N–H and O–H groups in total. The molecule has 1 unspecified atom stereocenters. The Labute approximate surface area is 134 Å². The lowest BCUT2D eigenvalue weighted by atomic mass is 10.2. The monoisotopic (exact) mass is 380 g/mol. The molecule has 1 aromatic rings. The quantitative estimate of drug-likeness (QED) is 0.824. The normalized spacial score (nSPS) is 18.5. The number of nitrogens with one attached hydrogen (secondary N) is 2. The van der Waals surface area contributed by atoms with E-state index in [0.717, 1.165) is 25.5 Å². The van der Waals surface area contributed by atoms with E-state index >= 15 is 0 Å². The van der Waals surface area contributed by atoms with Crippen molar-refractivity contribution in [2.45, 2.75) is 25.1 Å². The molecule has 1 heterocycles. The van der Waals surface area contributed by atoms with E-state index in [1.54, 1.807) is 0 Å². The first kappa shape index (κ1) is 17.2. The Morgan fingerprint density at radius 1 is 1.41 bits per heavy atom. The number of ether oxygens (including phenoxy) is 1.